The Labute approximate surface area is 83.4 Å². The summed E-state index contributed by atoms with van der Waals surface area (Å²) in [6, 6.07) is 2.07. The SMILES string of the molecule is CCOC(=O)N1CCC(N)(C#N)CC1. The van der Waals surface area contributed by atoms with Crippen LogP contribution >= 0.6 is 0 Å². The van der Waals surface area contributed by atoms with Crippen molar-refractivity contribution in [2.24, 2.45) is 5.73 Å². The molecule has 5 heteroatoms. The number of nitriles is 1. The van der Waals surface area contributed by atoms with Crippen molar-refractivity contribution in [1.82, 2.24) is 4.90 Å². The maximum absolute atomic E-state index is 11.3. The molecule has 0 unspecified atom stereocenters. The summed E-state index contributed by atoms with van der Waals surface area (Å²) in [6.07, 6.45) is 0.720. The zero-order valence-electron chi connectivity index (χ0n) is 8.32. The topological polar surface area (TPSA) is 79.3 Å². The summed E-state index contributed by atoms with van der Waals surface area (Å²) < 4.78 is 4.85. The zero-order valence-corrected chi connectivity index (χ0v) is 8.32. The van der Waals surface area contributed by atoms with Crippen LogP contribution in [0.5, 0.6) is 0 Å². The van der Waals surface area contributed by atoms with Gasteiger partial charge in [0.2, 0.25) is 0 Å². The molecule has 1 amide bonds. The standard InChI is InChI=1S/C9H15N3O2/c1-2-14-8(13)12-5-3-9(11,7-10)4-6-12/h2-6,11H2,1H3. The van der Waals surface area contributed by atoms with E-state index in [9.17, 15) is 4.79 Å². The average Bonchev–Trinajstić information content (AvgIpc) is 2.19. The predicted octanol–water partition coefficient (Wildman–Crippen LogP) is 0.460. The number of rotatable bonds is 1. The Hall–Kier alpha value is -1.28. The van der Waals surface area contributed by atoms with Crippen molar-refractivity contribution in [3.8, 4) is 6.07 Å². The number of carbonyl (C=O) groups excluding carboxylic acids is 1. The van der Waals surface area contributed by atoms with Gasteiger partial charge in [-0.3, -0.25) is 0 Å². The highest BCUT2D eigenvalue weighted by molar-refractivity contribution is 5.67. The normalized spacial score (nSPS) is 19.9. The van der Waals surface area contributed by atoms with E-state index >= 15 is 0 Å². The molecule has 0 aromatic carbocycles. The van der Waals surface area contributed by atoms with E-state index in [1.807, 2.05) is 0 Å². The summed E-state index contributed by atoms with van der Waals surface area (Å²) >= 11 is 0. The van der Waals surface area contributed by atoms with E-state index in [-0.39, 0.29) is 6.09 Å². The third-order valence-corrected chi connectivity index (χ3v) is 2.40. The molecule has 1 aliphatic heterocycles. The van der Waals surface area contributed by atoms with Crippen molar-refractivity contribution < 1.29 is 9.53 Å². The molecule has 0 saturated carbocycles. The van der Waals surface area contributed by atoms with Crippen LogP contribution < -0.4 is 5.73 Å². The summed E-state index contributed by atoms with van der Waals surface area (Å²) in [4.78, 5) is 12.9. The van der Waals surface area contributed by atoms with Crippen LogP contribution in [0.25, 0.3) is 0 Å². The Morgan fingerprint density at radius 1 is 1.64 bits per heavy atom. The molecule has 78 valence electrons. The number of hydrogen-bond acceptors (Lipinski definition) is 4. The quantitative estimate of drug-likeness (QED) is 0.662. The Morgan fingerprint density at radius 2 is 2.21 bits per heavy atom. The van der Waals surface area contributed by atoms with E-state index in [0.717, 1.165) is 0 Å². The molecular formula is C9H15N3O2. The van der Waals surface area contributed by atoms with Crippen LogP contribution in [0.15, 0.2) is 0 Å². The van der Waals surface area contributed by atoms with Gasteiger partial charge in [0.15, 0.2) is 0 Å². The second kappa shape index (κ2) is 4.29. The Morgan fingerprint density at radius 3 is 2.64 bits per heavy atom. The van der Waals surface area contributed by atoms with Crippen molar-refractivity contribution in [2.75, 3.05) is 19.7 Å². The Kier molecular flexibility index (Phi) is 3.31. The summed E-state index contributed by atoms with van der Waals surface area (Å²) in [6.45, 7) is 3.15. The fourth-order valence-corrected chi connectivity index (χ4v) is 1.41. The van der Waals surface area contributed by atoms with Crippen molar-refractivity contribution in [2.45, 2.75) is 25.3 Å². The molecule has 14 heavy (non-hydrogen) atoms. The van der Waals surface area contributed by atoms with E-state index in [4.69, 9.17) is 15.7 Å². The molecule has 1 heterocycles. The van der Waals surface area contributed by atoms with Crippen molar-refractivity contribution >= 4 is 6.09 Å². The zero-order chi connectivity index (χ0) is 10.6. The number of nitrogens with two attached hydrogens (primary N) is 1. The predicted molar refractivity (Wildman–Crippen MR) is 50.4 cm³/mol. The fourth-order valence-electron chi connectivity index (χ4n) is 1.41. The highest BCUT2D eigenvalue weighted by atomic mass is 16.6. The second-order valence-corrected chi connectivity index (χ2v) is 3.45. The fraction of sp³-hybridized carbons (Fsp3) is 0.778. The lowest BCUT2D eigenvalue weighted by Crippen LogP contribution is -2.51. The first-order valence-electron chi connectivity index (χ1n) is 4.73. The molecule has 0 radical (unpaired) electrons. The molecule has 0 aliphatic carbocycles. The highest BCUT2D eigenvalue weighted by Crippen LogP contribution is 2.18. The first-order valence-corrected chi connectivity index (χ1v) is 4.73. The maximum atomic E-state index is 11.3. The molecule has 1 rings (SSSR count). The van der Waals surface area contributed by atoms with Crippen molar-refractivity contribution in [3.05, 3.63) is 0 Å². The third kappa shape index (κ3) is 2.36. The maximum Gasteiger partial charge on any atom is 0.409 e. The van der Waals surface area contributed by atoms with E-state index in [1.165, 1.54) is 0 Å². The molecule has 0 aromatic heterocycles. The van der Waals surface area contributed by atoms with Crippen LogP contribution in [0.3, 0.4) is 0 Å². The molecule has 1 fully saturated rings. The number of piperidine rings is 1. The van der Waals surface area contributed by atoms with E-state index in [2.05, 4.69) is 6.07 Å². The molecule has 1 saturated heterocycles. The van der Waals surface area contributed by atoms with Crippen molar-refractivity contribution in [1.29, 1.82) is 5.26 Å². The largest absolute Gasteiger partial charge is 0.450 e. The first kappa shape index (κ1) is 10.8. The van der Waals surface area contributed by atoms with Gasteiger partial charge in [0.25, 0.3) is 0 Å². The number of hydrogen-bond donors (Lipinski definition) is 1. The van der Waals surface area contributed by atoms with Gasteiger partial charge in [-0.05, 0) is 19.8 Å². The van der Waals surface area contributed by atoms with E-state index in [0.29, 0.717) is 32.5 Å². The van der Waals surface area contributed by atoms with Crippen LogP contribution in [0.1, 0.15) is 19.8 Å². The van der Waals surface area contributed by atoms with Crippen LogP contribution in [0.4, 0.5) is 4.79 Å². The van der Waals surface area contributed by atoms with Gasteiger partial charge in [-0.2, -0.15) is 5.26 Å². The van der Waals surface area contributed by atoms with Gasteiger partial charge in [-0.1, -0.05) is 0 Å². The number of ether oxygens (including phenoxy) is 1. The van der Waals surface area contributed by atoms with Gasteiger partial charge in [0.05, 0.1) is 12.7 Å². The summed E-state index contributed by atoms with van der Waals surface area (Å²) in [5.41, 5.74) is 4.99. The van der Waals surface area contributed by atoms with Gasteiger partial charge in [0.1, 0.15) is 5.54 Å². The van der Waals surface area contributed by atoms with Gasteiger partial charge in [-0.15, -0.1) is 0 Å². The first-order chi connectivity index (χ1) is 6.61. The molecule has 5 nitrogen and oxygen atoms in total. The molecule has 0 aromatic rings. The molecule has 2 N–H and O–H groups in total. The third-order valence-electron chi connectivity index (χ3n) is 2.40. The minimum absolute atomic E-state index is 0.313. The smallest absolute Gasteiger partial charge is 0.409 e. The van der Waals surface area contributed by atoms with Gasteiger partial charge < -0.3 is 15.4 Å². The minimum atomic E-state index is -0.761. The minimum Gasteiger partial charge on any atom is -0.450 e. The molecular weight excluding hydrogens is 182 g/mol. The second-order valence-electron chi connectivity index (χ2n) is 3.45. The Balaban J connectivity index is 2.44. The molecule has 0 spiro atoms. The van der Waals surface area contributed by atoms with E-state index in [1.54, 1.807) is 11.8 Å². The molecule has 1 aliphatic rings. The number of amides is 1. The highest BCUT2D eigenvalue weighted by Gasteiger charge is 2.32. The van der Waals surface area contributed by atoms with Crippen LogP contribution in [0, 0.1) is 11.3 Å². The lowest BCUT2D eigenvalue weighted by Gasteiger charge is -2.33. The monoisotopic (exact) mass is 197 g/mol. The summed E-state index contributed by atoms with van der Waals surface area (Å²) in [5, 5.41) is 8.77. The molecule has 0 bridgehead atoms. The lowest BCUT2D eigenvalue weighted by molar-refractivity contribution is 0.0929. The number of carbonyl (C=O) groups is 1. The van der Waals surface area contributed by atoms with Gasteiger partial charge >= 0.3 is 6.09 Å². The van der Waals surface area contributed by atoms with Gasteiger partial charge in [-0.25, -0.2) is 4.79 Å². The number of nitrogens with zero attached hydrogens (tertiary/aromatic N) is 2. The molecule has 0 atom stereocenters. The average molecular weight is 197 g/mol. The van der Waals surface area contributed by atoms with Crippen LogP contribution in [0.2, 0.25) is 0 Å². The van der Waals surface area contributed by atoms with E-state index < -0.39 is 5.54 Å². The Bertz CT molecular complexity index is 251. The summed E-state index contributed by atoms with van der Waals surface area (Å²) in [7, 11) is 0. The summed E-state index contributed by atoms with van der Waals surface area (Å²) in [5.74, 6) is 0. The van der Waals surface area contributed by atoms with Crippen LogP contribution in [-0.4, -0.2) is 36.2 Å². The van der Waals surface area contributed by atoms with Crippen molar-refractivity contribution in [3.63, 3.8) is 0 Å². The lowest BCUT2D eigenvalue weighted by atomic mass is 9.91. The van der Waals surface area contributed by atoms with Crippen LogP contribution in [-0.2, 0) is 4.74 Å². The van der Waals surface area contributed by atoms with Gasteiger partial charge in [0, 0.05) is 13.1 Å². The number of likely N-dealkylation sites (tertiary alicyclic amines) is 1.